The van der Waals surface area contributed by atoms with Crippen LogP contribution in [-0.2, 0) is 0 Å². The smallest absolute Gasteiger partial charge is 0.174 e. The molecular weight excluding hydrogens is 96.0 g/mol. The maximum absolute atomic E-state index is 9.67. The average molecular weight is 100 g/mol. The van der Waals surface area contributed by atoms with Gasteiger partial charge in [-0.2, -0.15) is 13.2 Å². The molecule has 0 saturated carbocycles. The molecule has 0 atom stereocenters. The maximum atomic E-state index is 9.67. The molecule has 0 unspecified atom stereocenters. The van der Waals surface area contributed by atoms with Crippen molar-refractivity contribution in [2.45, 2.75) is 6.68 Å². The molecular formula is CH4AlF3. The van der Waals surface area contributed by atoms with Gasteiger partial charge in [-0.1, -0.05) is 0 Å². The van der Waals surface area contributed by atoms with Crippen molar-refractivity contribution >= 4 is 17.4 Å². The maximum Gasteiger partial charge on any atom is 0.379 e. The molecule has 0 fully saturated rings. The van der Waals surface area contributed by atoms with Crippen molar-refractivity contribution in [1.29, 1.82) is 0 Å². The zero-order chi connectivity index (χ0) is 3.58. The van der Waals surface area contributed by atoms with Crippen LogP contribution in [0.3, 0.4) is 0 Å². The second-order valence-electron chi connectivity index (χ2n) is 0.247. The highest BCUT2D eigenvalue weighted by atomic mass is 27.0. The largest absolute Gasteiger partial charge is 0.379 e. The van der Waals surface area contributed by atoms with Gasteiger partial charge < -0.3 is 0 Å². The quantitative estimate of drug-likeness (QED) is 0.376. The van der Waals surface area contributed by atoms with Gasteiger partial charge in [0, 0.05) is 0 Å². The Hall–Kier alpha value is 0.322. The molecule has 0 rings (SSSR count). The predicted molar refractivity (Wildman–Crippen MR) is 17.1 cm³/mol. The summed E-state index contributed by atoms with van der Waals surface area (Å²) in [6, 6.07) is 0. The summed E-state index contributed by atoms with van der Waals surface area (Å²) in [7, 11) is 0. The minimum absolute atomic E-state index is 0. The molecule has 5 heavy (non-hydrogen) atoms. The SMILES string of the molecule is FC(F)F.[AlH3]. The molecule has 0 radical (unpaired) electrons. The van der Waals surface area contributed by atoms with E-state index in [0.717, 1.165) is 0 Å². The lowest BCUT2D eigenvalue weighted by atomic mass is 11.6. The van der Waals surface area contributed by atoms with Gasteiger partial charge >= 0.3 is 6.68 Å². The molecule has 0 heterocycles. The number of hydrogen-bond acceptors (Lipinski definition) is 0. The molecule has 0 spiro atoms. The summed E-state index contributed by atoms with van der Waals surface area (Å²) in [6.45, 7) is -3.67. The van der Waals surface area contributed by atoms with E-state index in [1.165, 1.54) is 0 Å². The van der Waals surface area contributed by atoms with Crippen LogP contribution in [-0.4, -0.2) is 24.0 Å². The van der Waals surface area contributed by atoms with Crippen molar-refractivity contribution < 1.29 is 13.2 Å². The molecule has 0 aromatic carbocycles. The molecule has 0 nitrogen and oxygen atoms in total. The number of halogens is 3. The number of alkyl halides is 3. The van der Waals surface area contributed by atoms with Crippen molar-refractivity contribution in [3.63, 3.8) is 0 Å². The van der Waals surface area contributed by atoms with E-state index in [1.807, 2.05) is 0 Å². The van der Waals surface area contributed by atoms with Gasteiger partial charge in [-0.3, -0.25) is 0 Å². The summed E-state index contributed by atoms with van der Waals surface area (Å²) < 4.78 is 29.0. The highest BCUT2D eigenvalue weighted by molar-refractivity contribution is 5.75. The Morgan fingerprint density at radius 2 is 1.00 bits per heavy atom. The van der Waals surface area contributed by atoms with E-state index in [2.05, 4.69) is 0 Å². The van der Waals surface area contributed by atoms with Crippen LogP contribution < -0.4 is 0 Å². The van der Waals surface area contributed by atoms with Gasteiger partial charge in [0.05, 0.1) is 0 Å². The highest BCUT2D eigenvalue weighted by Crippen LogP contribution is 1.87. The van der Waals surface area contributed by atoms with Gasteiger partial charge in [0.25, 0.3) is 0 Å². The van der Waals surface area contributed by atoms with Crippen molar-refractivity contribution in [3.05, 3.63) is 0 Å². The van der Waals surface area contributed by atoms with Crippen LogP contribution in [0.1, 0.15) is 0 Å². The molecule has 0 aliphatic carbocycles. The molecule has 0 saturated heterocycles. The Labute approximate surface area is 38.1 Å². The minimum atomic E-state index is -3.67. The van der Waals surface area contributed by atoms with E-state index in [4.69, 9.17) is 0 Å². The highest BCUT2D eigenvalue weighted by Gasteiger charge is 1.86. The second kappa shape index (κ2) is 4.32. The minimum Gasteiger partial charge on any atom is -0.174 e. The van der Waals surface area contributed by atoms with E-state index in [-0.39, 0.29) is 17.4 Å². The Bertz CT molecular complexity index is 11.6. The monoisotopic (exact) mass is 100 g/mol. The Morgan fingerprint density at radius 1 is 1.00 bits per heavy atom. The number of hydrogen-bond donors (Lipinski definition) is 0. The van der Waals surface area contributed by atoms with Gasteiger partial charge in [-0.15, -0.1) is 0 Å². The summed E-state index contributed by atoms with van der Waals surface area (Å²) in [5.41, 5.74) is 0. The average Bonchev–Trinajstić information content (AvgIpc) is 0.811. The van der Waals surface area contributed by atoms with E-state index in [1.54, 1.807) is 0 Å². The summed E-state index contributed by atoms with van der Waals surface area (Å²) in [5, 5.41) is 0. The Kier molecular flexibility index (Phi) is 7.79. The third-order valence-electron chi connectivity index (χ3n) is 0. The second-order valence-corrected chi connectivity index (χ2v) is 0.247. The summed E-state index contributed by atoms with van der Waals surface area (Å²) >= 11 is 0. The van der Waals surface area contributed by atoms with E-state index < -0.39 is 6.68 Å². The lowest BCUT2D eigenvalue weighted by Gasteiger charge is -1.65. The summed E-state index contributed by atoms with van der Waals surface area (Å²) in [4.78, 5) is 0. The fraction of sp³-hybridized carbons (Fsp3) is 1.00. The van der Waals surface area contributed by atoms with Crippen LogP contribution in [0.15, 0.2) is 0 Å². The zero-order valence-electron chi connectivity index (χ0n) is 1.71. The van der Waals surface area contributed by atoms with Crippen LogP contribution >= 0.6 is 0 Å². The fourth-order valence-corrected chi connectivity index (χ4v) is 0. The summed E-state index contributed by atoms with van der Waals surface area (Å²) in [6.07, 6.45) is 0. The van der Waals surface area contributed by atoms with Gasteiger partial charge in [0.15, 0.2) is 17.4 Å². The molecule has 0 N–H and O–H groups in total. The first kappa shape index (κ1) is 9.01. The lowest BCUT2D eigenvalue weighted by Crippen LogP contribution is -1.65. The molecule has 0 bridgehead atoms. The summed E-state index contributed by atoms with van der Waals surface area (Å²) in [5.74, 6) is 0. The molecule has 0 aromatic heterocycles. The third kappa shape index (κ3) is 224. The molecule has 0 amide bonds. The Morgan fingerprint density at radius 3 is 1.00 bits per heavy atom. The first-order chi connectivity index (χ1) is 1.73. The molecule has 32 valence electrons. The zero-order valence-corrected chi connectivity index (χ0v) is 1.71. The number of rotatable bonds is 0. The molecule has 0 aliphatic rings. The van der Waals surface area contributed by atoms with Gasteiger partial charge in [0.2, 0.25) is 0 Å². The Balaban J connectivity index is 0. The van der Waals surface area contributed by atoms with Crippen molar-refractivity contribution in [2.75, 3.05) is 0 Å². The van der Waals surface area contributed by atoms with Crippen LogP contribution in [0.25, 0.3) is 0 Å². The van der Waals surface area contributed by atoms with E-state index in [9.17, 15) is 13.2 Å². The van der Waals surface area contributed by atoms with E-state index in [0.29, 0.717) is 0 Å². The lowest BCUT2D eigenvalue weighted by molar-refractivity contribution is 0.00819. The molecule has 4 heteroatoms. The topological polar surface area (TPSA) is 0 Å². The van der Waals surface area contributed by atoms with Crippen LogP contribution in [0, 0.1) is 0 Å². The third-order valence-corrected chi connectivity index (χ3v) is 0. The van der Waals surface area contributed by atoms with Crippen LogP contribution in [0.5, 0.6) is 0 Å². The van der Waals surface area contributed by atoms with Crippen LogP contribution in [0.2, 0.25) is 0 Å². The van der Waals surface area contributed by atoms with Crippen molar-refractivity contribution in [1.82, 2.24) is 0 Å². The fourth-order valence-electron chi connectivity index (χ4n) is 0. The van der Waals surface area contributed by atoms with Gasteiger partial charge in [-0.05, 0) is 0 Å². The predicted octanol–water partition coefficient (Wildman–Crippen LogP) is -0.00540. The molecule has 0 aromatic rings. The van der Waals surface area contributed by atoms with Crippen molar-refractivity contribution in [3.8, 4) is 0 Å². The van der Waals surface area contributed by atoms with Gasteiger partial charge in [-0.25, -0.2) is 0 Å². The van der Waals surface area contributed by atoms with Crippen molar-refractivity contribution in [2.24, 2.45) is 0 Å². The van der Waals surface area contributed by atoms with Crippen LogP contribution in [0.4, 0.5) is 13.2 Å². The first-order valence-corrected chi connectivity index (χ1v) is 0.655. The van der Waals surface area contributed by atoms with Gasteiger partial charge in [0.1, 0.15) is 0 Å². The molecule has 0 aliphatic heterocycles. The standard InChI is InChI=1S/CHF3.Al.3H/c2-1(3)4;;;;/h1H;;;;. The normalized spacial score (nSPS) is 7.20. The van der Waals surface area contributed by atoms with E-state index >= 15 is 0 Å². The first-order valence-electron chi connectivity index (χ1n) is 0.655.